The zero-order valence-corrected chi connectivity index (χ0v) is 18.7. The van der Waals surface area contributed by atoms with Gasteiger partial charge >= 0.3 is 0 Å². The number of pyridine rings is 1. The van der Waals surface area contributed by atoms with E-state index in [9.17, 15) is 14.4 Å². The van der Waals surface area contributed by atoms with Crippen molar-refractivity contribution in [2.24, 2.45) is 5.73 Å². The van der Waals surface area contributed by atoms with Crippen LogP contribution in [0.3, 0.4) is 0 Å². The molecule has 1 aromatic heterocycles. The van der Waals surface area contributed by atoms with E-state index in [4.69, 9.17) is 31.5 Å². The van der Waals surface area contributed by atoms with Crippen LogP contribution in [-0.4, -0.2) is 37.2 Å². The minimum atomic E-state index is -0.673. The number of rotatable bonds is 9. The minimum absolute atomic E-state index is 0.142. The standard InChI is InChI=1S/C23H22ClN3O6/c1-31-18-9-15(10-19(32-2)22(18)33-13-20(25)28)23(30)26-16-7-8-21(29)27(12-16)11-14-5-3-4-6-17(14)24/h3-10,12H,11,13H2,1-2H3,(H2,25,28)(H,26,30). The molecule has 0 saturated heterocycles. The number of anilines is 1. The van der Waals surface area contributed by atoms with Gasteiger partial charge in [0.25, 0.3) is 17.4 Å². The molecule has 1 heterocycles. The lowest BCUT2D eigenvalue weighted by Crippen LogP contribution is -2.21. The van der Waals surface area contributed by atoms with Gasteiger partial charge < -0.3 is 29.8 Å². The Bertz CT molecular complexity index is 1220. The molecule has 0 aliphatic heterocycles. The van der Waals surface area contributed by atoms with Crippen molar-refractivity contribution in [1.29, 1.82) is 0 Å². The van der Waals surface area contributed by atoms with E-state index in [1.165, 1.54) is 49.2 Å². The van der Waals surface area contributed by atoms with Gasteiger partial charge in [0.2, 0.25) is 5.75 Å². The van der Waals surface area contributed by atoms with E-state index in [0.717, 1.165) is 5.56 Å². The molecule has 3 rings (SSSR count). The van der Waals surface area contributed by atoms with Crippen LogP contribution in [0.1, 0.15) is 15.9 Å². The first-order valence-electron chi connectivity index (χ1n) is 9.74. The molecule has 33 heavy (non-hydrogen) atoms. The van der Waals surface area contributed by atoms with E-state index in [1.54, 1.807) is 12.1 Å². The first-order chi connectivity index (χ1) is 15.8. The van der Waals surface area contributed by atoms with Gasteiger partial charge in [-0.2, -0.15) is 0 Å². The molecule has 0 saturated carbocycles. The van der Waals surface area contributed by atoms with Crippen molar-refractivity contribution < 1.29 is 23.8 Å². The lowest BCUT2D eigenvalue weighted by molar-refractivity contribution is -0.120. The van der Waals surface area contributed by atoms with Gasteiger partial charge in [-0.3, -0.25) is 14.4 Å². The van der Waals surface area contributed by atoms with Gasteiger partial charge in [-0.25, -0.2) is 0 Å². The Kier molecular flexibility index (Phi) is 7.57. The van der Waals surface area contributed by atoms with Gasteiger partial charge in [0.1, 0.15) is 0 Å². The van der Waals surface area contributed by atoms with Crippen molar-refractivity contribution >= 4 is 29.1 Å². The van der Waals surface area contributed by atoms with Crippen LogP contribution in [-0.2, 0) is 11.3 Å². The maximum atomic E-state index is 12.9. The monoisotopic (exact) mass is 471 g/mol. The topological polar surface area (TPSA) is 122 Å². The van der Waals surface area contributed by atoms with E-state index >= 15 is 0 Å². The Morgan fingerprint density at radius 2 is 1.73 bits per heavy atom. The molecule has 0 unspecified atom stereocenters. The molecular weight excluding hydrogens is 450 g/mol. The largest absolute Gasteiger partial charge is 0.493 e. The smallest absolute Gasteiger partial charge is 0.255 e. The molecular formula is C23H22ClN3O6. The zero-order valence-electron chi connectivity index (χ0n) is 18.0. The number of carbonyl (C=O) groups excluding carboxylic acids is 2. The summed E-state index contributed by atoms with van der Waals surface area (Å²) in [5.41, 5.74) is 6.26. The Morgan fingerprint density at radius 1 is 1.06 bits per heavy atom. The number of hydrogen-bond acceptors (Lipinski definition) is 6. The first kappa shape index (κ1) is 23.7. The third-order valence-corrected chi connectivity index (χ3v) is 4.99. The third-order valence-electron chi connectivity index (χ3n) is 4.62. The number of methoxy groups -OCH3 is 2. The van der Waals surface area contributed by atoms with Crippen molar-refractivity contribution in [1.82, 2.24) is 4.57 Å². The number of halogens is 1. The molecule has 0 atom stereocenters. The normalized spacial score (nSPS) is 10.4. The number of benzene rings is 2. The number of carbonyl (C=O) groups is 2. The lowest BCUT2D eigenvalue weighted by Gasteiger charge is -2.15. The van der Waals surface area contributed by atoms with Crippen LogP contribution < -0.4 is 30.8 Å². The highest BCUT2D eigenvalue weighted by atomic mass is 35.5. The summed E-state index contributed by atoms with van der Waals surface area (Å²) in [6, 6.07) is 12.9. The second-order valence-corrected chi connectivity index (χ2v) is 7.30. The summed E-state index contributed by atoms with van der Waals surface area (Å²) in [7, 11) is 2.77. The average molecular weight is 472 g/mol. The van der Waals surface area contributed by atoms with Crippen LogP contribution in [0.15, 0.2) is 59.5 Å². The summed E-state index contributed by atoms with van der Waals surface area (Å²) in [6.45, 7) is -0.138. The lowest BCUT2D eigenvalue weighted by atomic mass is 10.1. The van der Waals surface area contributed by atoms with Crippen molar-refractivity contribution in [3.8, 4) is 17.2 Å². The third kappa shape index (κ3) is 5.83. The molecule has 3 N–H and O–H groups in total. The summed E-state index contributed by atoms with van der Waals surface area (Å²) < 4.78 is 17.4. The molecule has 0 bridgehead atoms. The Hall–Kier alpha value is -3.98. The summed E-state index contributed by atoms with van der Waals surface area (Å²) in [5.74, 6) is -0.638. The number of nitrogens with one attached hydrogen (secondary N) is 1. The van der Waals surface area contributed by atoms with E-state index in [-0.39, 0.29) is 41.5 Å². The predicted molar refractivity (Wildman–Crippen MR) is 123 cm³/mol. The fourth-order valence-electron chi connectivity index (χ4n) is 3.04. The number of nitrogens with zero attached hydrogens (tertiary/aromatic N) is 1. The average Bonchev–Trinajstić information content (AvgIpc) is 2.80. The molecule has 0 radical (unpaired) electrons. The number of aromatic nitrogens is 1. The first-order valence-corrected chi connectivity index (χ1v) is 10.1. The highest BCUT2D eigenvalue weighted by Gasteiger charge is 2.19. The zero-order chi connectivity index (χ0) is 24.0. The van der Waals surface area contributed by atoms with Crippen LogP contribution in [0.25, 0.3) is 0 Å². The fourth-order valence-corrected chi connectivity index (χ4v) is 3.23. The molecule has 10 heteroatoms. The Morgan fingerprint density at radius 3 is 2.33 bits per heavy atom. The second kappa shape index (κ2) is 10.6. The number of nitrogens with two attached hydrogens (primary N) is 1. The molecule has 3 aromatic rings. The van der Waals surface area contributed by atoms with Crippen molar-refractivity contribution in [2.45, 2.75) is 6.54 Å². The van der Waals surface area contributed by atoms with Crippen LogP contribution in [0.2, 0.25) is 5.02 Å². The van der Waals surface area contributed by atoms with Crippen LogP contribution in [0, 0.1) is 0 Å². The van der Waals surface area contributed by atoms with Crippen LogP contribution in [0.4, 0.5) is 5.69 Å². The van der Waals surface area contributed by atoms with E-state index in [2.05, 4.69) is 5.32 Å². The SMILES string of the molecule is COc1cc(C(=O)Nc2ccc(=O)n(Cc3ccccc3Cl)c2)cc(OC)c1OCC(N)=O. The van der Waals surface area contributed by atoms with Gasteiger partial charge in [-0.1, -0.05) is 29.8 Å². The van der Waals surface area contributed by atoms with E-state index in [0.29, 0.717) is 10.7 Å². The van der Waals surface area contributed by atoms with Crippen LogP contribution >= 0.6 is 11.6 Å². The van der Waals surface area contributed by atoms with Crippen molar-refractivity contribution in [3.05, 3.63) is 81.2 Å². The van der Waals surface area contributed by atoms with Gasteiger partial charge in [-0.05, 0) is 29.8 Å². The summed E-state index contributed by atoms with van der Waals surface area (Å²) in [6.07, 6.45) is 1.53. The van der Waals surface area contributed by atoms with E-state index in [1.807, 2.05) is 12.1 Å². The Labute approximate surface area is 194 Å². The molecule has 0 spiro atoms. The quantitative estimate of drug-likeness (QED) is 0.494. The number of hydrogen-bond donors (Lipinski definition) is 2. The van der Waals surface area contributed by atoms with Crippen molar-refractivity contribution in [2.75, 3.05) is 26.1 Å². The fraction of sp³-hybridized carbons (Fsp3) is 0.174. The van der Waals surface area contributed by atoms with Gasteiger partial charge in [0.05, 0.1) is 26.5 Å². The van der Waals surface area contributed by atoms with E-state index < -0.39 is 11.8 Å². The molecule has 2 amide bonds. The summed E-state index contributed by atoms with van der Waals surface area (Å²) >= 11 is 6.20. The van der Waals surface area contributed by atoms with Crippen LogP contribution in [0.5, 0.6) is 17.2 Å². The molecule has 0 aliphatic carbocycles. The molecule has 0 aliphatic rings. The molecule has 2 aromatic carbocycles. The van der Waals surface area contributed by atoms with Gasteiger partial charge in [0.15, 0.2) is 18.1 Å². The minimum Gasteiger partial charge on any atom is -0.493 e. The van der Waals surface area contributed by atoms with Gasteiger partial charge in [0, 0.05) is 22.8 Å². The number of ether oxygens (including phenoxy) is 3. The maximum Gasteiger partial charge on any atom is 0.255 e. The second-order valence-electron chi connectivity index (χ2n) is 6.89. The highest BCUT2D eigenvalue weighted by molar-refractivity contribution is 6.31. The number of amides is 2. The Balaban J connectivity index is 1.86. The van der Waals surface area contributed by atoms with Crippen molar-refractivity contribution in [3.63, 3.8) is 0 Å². The molecule has 172 valence electrons. The summed E-state index contributed by atoms with van der Waals surface area (Å²) in [4.78, 5) is 36.2. The maximum absolute atomic E-state index is 12.9. The highest BCUT2D eigenvalue weighted by Crippen LogP contribution is 2.38. The molecule has 9 nitrogen and oxygen atoms in total. The predicted octanol–water partition coefficient (Wildman–Crippen LogP) is 2.68. The summed E-state index contributed by atoms with van der Waals surface area (Å²) in [5, 5.41) is 3.28. The number of primary amides is 1. The van der Waals surface area contributed by atoms with Gasteiger partial charge in [-0.15, -0.1) is 0 Å². The molecule has 0 fully saturated rings.